The van der Waals surface area contributed by atoms with E-state index in [1.807, 2.05) is 6.92 Å². The third-order valence-electron chi connectivity index (χ3n) is 2.90. The molecule has 2 heterocycles. The van der Waals surface area contributed by atoms with Crippen molar-refractivity contribution in [1.82, 2.24) is 4.98 Å². The quantitative estimate of drug-likeness (QED) is 0.802. The molecule has 1 amide bonds. The van der Waals surface area contributed by atoms with E-state index in [0.717, 1.165) is 10.0 Å². The van der Waals surface area contributed by atoms with Crippen molar-refractivity contribution in [2.75, 3.05) is 17.2 Å². The second-order valence-electron chi connectivity index (χ2n) is 4.04. The van der Waals surface area contributed by atoms with E-state index in [2.05, 4.69) is 26.8 Å². The summed E-state index contributed by atoms with van der Waals surface area (Å²) in [5, 5.41) is 0. The van der Waals surface area contributed by atoms with Gasteiger partial charge in [-0.05, 0) is 28.4 Å². The fourth-order valence-corrected chi connectivity index (χ4v) is 2.26. The van der Waals surface area contributed by atoms with Crippen LogP contribution in [-0.2, 0) is 4.79 Å². The van der Waals surface area contributed by atoms with E-state index in [0.29, 0.717) is 24.5 Å². The largest absolute Gasteiger partial charge is 0.382 e. The molecule has 5 heteroatoms. The predicted molar refractivity (Wildman–Crippen MR) is 70.4 cm³/mol. The summed E-state index contributed by atoms with van der Waals surface area (Å²) < 4.78 is 0.832. The Hall–Kier alpha value is -1.54. The smallest absolute Gasteiger partial charge is 0.228 e. The lowest BCUT2D eigenvalue weighted by atomic mass is 10.1. The molecule has 0 radical (unpaired) electrons. The Morgan fingerprint density at radius 1 is 1.71 bits per heavy atom. The second-order valence-corrected chi connectivity index (χ2v) is 4.89. The molecular weight excluding hydrogens is 282 g/mol. The number of nitrogens with two attached hydrogens (primary N) is 1. The van der Waals surface area contributed by atoms with Crippen molar-refractivity contribution >= 4 is 33.3 Å². The molecule has 0 aromatic carbocycles. The van der Waals surface area contributed by atoms with Crippen molar-refractivity contribution in [2.24, 2.45) is 5.92 Å². The number of rotatable bonds is 1. The molecule has 1 aromatic heterocycles. The van der Waals surface area contributed by atoms with Crippen LogP contribution in [-0.4, -0.2) is 17.4 Å². The van der Waals surface area contributed by atoms with Gasteiger partial charge in [-0.25, -0.2) is 4.98 Å². The van der Waals surface area contributed by atoms with E-state index >= 15 is 0 Å². The normalized spacial score (nSPS) is 19.5. The summed E-state index contributed by atoms with van der Waals surface area (Å²) in [4.78, 5) is 17.6. The van der Waals surface area contributed by atoms with Crippen molar-refractivity contribution in [3.05, 3.63) is 16.2 Å². The lowest BCUT2D eigenvalue weighted by Crippen LogP contribution is -2.26. The van der Waals surface area contributed by atoms with Gasteiger partial charge in [0.25, 0.3) is 0 Å². The van der Waals surface area contributed by atoms with Gasteiger partial charge in [0.1, 0.15) is 5.82 Å². The van der Waals surface area contributed by atoms with Gasteiger partial charge in [0, 0.05) is 29.6 Å². The average molecular weight is 294 g/mol. The first-order valence-electron chi connectivity index (χ1n) is 5.21. The van der Waals surface area contributed by atoms with Crippen molar-refractivity contribution in [3.8, 4) is 12.3 Å². The first kappa shape index (κ1) is 11.9. The number of hydrogen-bond donors (Lipinski definition) is 1. The molecule has 0 spiro atoms. The molecule has 1 aliphatic rings. The third kappa shape index (κ3) is 2.01. The number of pyridine rings is 1. The lowest BCUT2D eigenvalue weighted by molar-refractivity contribution is -0.117. The molecule has 1 saturated heterocycles. The van der Waals surface area contributed by atoms with Crippen LogP contribution in [0.1, 0.15) is 12.0 Å². The first-order valence-corrected chi connectivity index (χ1v) is 6.01. The zero-order chi connectivity index (χ0) is 12.6. The molecule has 1 unspecified atom stereocenters. The molecule has 17 heavy (non-hydrogen) atoms. The number of halogens is 1. The van der Waals surface area contributed by atoms with Crippen LogP contribution in [0.2, 0.25) is 0 Å². The van der Waals surface area contributed by atoms with Gasteiger partial charge in [-0.3, -0.25) is 4.79 Å². The Bertz CT molecular complexity index is 521. The van der Waals surface area contributed by atoms with Crippen LogP contribution in [0, 0.1) is 25.2 Å². The minimum atomic E-state index is -0.0414. The standard InChI is InChI=1S/C12H12BrN3O/c1-3-8-4-10(17)16(6-8)11-7(2)9(13)5-15-12(11)14/h1,5,8H,4,6H2,2H3,(H2,14,15). The van der Waals surface area contributed by atoms with E-state index in [-0.39, 0.29) is 11.8 Å². The third-order valence-corrected chi connectivity index (χ3v) is 3.70. The maximum atomic E-state index is 11.9. The molecular formula is C12H12BrN3O. The summed E-state index contributed by atoms with van der Waals surface area (Å²) >= 11 is 3.38. The Morgan fingerprint density at radius 2 is 2.41 bits per heavy atom. The minimum Gasteiger partial charge on any atom is -0.382 e. The topological polar surface area (TPSA) is 59.2 Å². The lowest BCUT2D eigenvalue weighted by Gasteiger charge is -2.20. The first-order chi connectivity index (χ1) is 8.04. The number of nitrogen functional groups attached to an aromatic ring is 1. The molecule has 2 N–H and O–H groups in total. The minimum absolute atomic E-state index is 0.00245. The molecule has 1 fully saturated rings. The molecule has 2 rings (SSSR count). The van der Waals surface area contributed by atoms with Gasteiger partial charge in [0.15, 0.2) is 0 Å². The van der Waals surface area contributed by atoms with Crippen LogP contribution in [0.25, 0.3) is 0 Å². The Labute approximate surface area is 108 Å². The van der Waals surface area contributed by atoms with Crippen molar-refractivity contribution < 1.29 is 4.79 Å². The summed E-state index contributed by atoms with van der Waals surface area (Å²) in [7, 11) is 0. The number of amides is 1. The van der Waals surface area contributed by atoms with Crippen molar-refractivity contribution in [1.29, 1.82) is 0 Å². The molecule has 0 bridgehead atoms. The highest BCUT2D eigenvalue weighted by Crippen LogP contribution is 2.34. The van der Waals surface area contributed by atoms with E-state index in [1.165, 1.54) is 0 Å². The average Bonchev–Trinajstić information content (AvgIpc) is 2.66. The fourth-order valence-electron chi connectivity index (χ4n) is 1.97. The highest BCUT2D eigenvalue weighted by molar-refractivity contribution is 9.10. The van der Waals surface area contributed by atoms with Crippen LogP contribution >= 0.6 is 15.9 Å². The van der Waals surface area contributed by atoms with E-state index < -0.39 is 0 Å². The maximum absolute atomic E-state index is 11.9. The summed E-state index contributed by atoms with van der Waals surface area (Å²) in [5.41, 5.74) is 7.42. The number of hydrogen-bond acceptors (Lipinski definition) is 3. The van der Waals surface area contributed by atoms with Crippen molar-refractivity contribution in [2.45, 2.75) is 13.3 Å². The summed E-state index contributed by atoms with van der Waals surface area (Å²) in [5.74, 6) is 2.93. The van der Waals surface area contributed by atoms with E-state index in [4.69, 9.17) is 12.2 Å². The van der Waals surface area contributed by atoms with Crippen LogP contribution in [0.4, 0.5) is 11.5 Å². The maximum Gasteiger partial charge on any atom is 0.228 e. The number of carbonyl (C=O) groups excluding carboxylic acids is 1. The van der Waals surface area contributed by atoms with Crippen LogP contribution < -0.4 is 10.6 Å². The number of terminal acetylenes is 1. The zero-order valence-corrected chi connectivity index (χ0v) is 11.0. The van der Waals surface area contributed by atoms with Gasteiger partial charge in [-0.2, -0.15) is 0 Å². The van der Waals surface area contributed by atoms with E-state index in [9.17, 15) is 4.79 Å². The molecule has 1 aromatic rings. The Kier molecular flexibility index (Phi) is 3.07. The van der Waals surface area contributed by atoms with E-state index in [1.54, 1.807) is 11.1 Å². The number of carbonyl (C=O) groups is 1. The highest BCUT2D eigenvalue weighted by Gasteiger charge is 2.32. The number of nitrogens with zero attached hydrogens (tertiary/aromatic N) is 2. The number of anilines is 2. The number of aromatic nitrogens is 1. The summed E-state index contributed by atoms with van der Waals surface area (Å²) in [6.07, 6.45) is 7.37. The van der Waals surface area contributed by atoms with Gasteiger partial charge >= 0.3 is 0 Å². The van der Waals surface area contributed by atoms with Gasteiger partial charge in [0.05, 0.1) is 5.69 Å². The van der Waals surface area contributed by atoms with Gasteiger partial charge in [0.2, 0.25) is 5.91 Å². The molecule has 0 aliphatic carbocycles. The van der Waals surface area contributed by atoms with Gasteiger partial charge in [-0.15, -0.1) is 12.3 Å². The zero-order valence-electron chi connectivity index (χ0n) is 9.40. The van der Waals surface area contributed by atoms with Gasteiger partial charge < -0.3 is 10.6 Å². The van der Waals surface area contributed by atoms with Crippen LogP contribution in [0.5, 0.6) is 0 Å². The molecule has 1 atom stereocenters. The Balaban J connectivity index is 2.45. The Morgan fingerprint density at radius 3 is 3.00 bits per heavy atom. The van der Waals surface area contributed by atoms with Crippen LogP contribution in [0.3, 0.4) is 0 Å². The summed E-state index contributed by atoms with van der Waals surface area (Å²) in [6.45, 7) is 2.41. The molecule has 4 nitrogen and oxygen atoms in total. The summed E-state index contributed by atoms with van der Waals surface area (Å²) in [6, 6.07) is 0. The predicted octanol–water partition coefficient (Wildman–Crippen LogP) is 1.72. The SMILES string of the molecule is C#CC1CC(=O)N(c2c(N)ncc(Br)c2C)C1. The van der Waals surface area contributed by atoms with Crippen molar-refractivity contribution in [3.63, 3.8) is 0 Å². The fraction of sp³-hybridized carbons (Fsp3) is 0.333. The van der Waals surface area contributed by atoms with Crippen LogP contribution in [0.15, 0.2) is 10.7 Å². The van der Waals surface area contributed by atoms with Gasteiger partial charge in [-0.1, -0.05) is 0 Å². The second kappa shape index (κ2) is 4.38. The monoisotopic (exact) mass is 293 g/mol. The molecule has 88 valence electrons. The molecule has 0 saturated carbocycles. The highest BCUT2D eigenvalue weighted by atomic mass is 79.9. The molecule has 1 aliphatic heterocycles.